The van der Waals surface area contributed by atoms with Crippen molar-refractivity contribution in [3.05, 3.63) is 59.2 Å². The van der Waals surface area contributed by atoms with Gasteiger partial charge in [0.15, 0.2) is 6.04 Å². The molecule has 0 aliphatic carbocycles. The van der Waals surface area contributed by atoms with E-state index in [0.717, 1.165) is 11.1 Å². The van der Waals surface area contributed by atoms with Crippen molar-refractivity contribution < 1.29 is 9.53 Å². The van der Waals surface area contributed by atoms with Crippen LogP contribution in [0.2, 0.25) is 0 Å². The lowest BCUT2D eigenvalue weighted by molar-refractivity contribution is -0.141. The average Bonchev–Trinajstić information content (AvgIpc) is 2.55. The number of nitrogens with zero attached hydrogens (tertiary/aromatic N) is 1. The molecule has 1 unspecified atom stereocenters. The van der Waals surface area contributed by atoms with Gasteiger partial charge in [-0.2, -0.15) is 5.26 Å². The molecule has 0 fully saturated rings. The third kappa shape index (κ3) is 3.36. The van der Waals surface area contributed by atoms with Crippen LogP contribution in [0.25, 0.3) is 0 Å². The van der Waals surface area contributed by atoms with Crippen LogP contribution in [0.5, 0.6) is 0 Å². The monoisotopic (exact) mass is 295 g/mol. The topological polar surface area (TPSA) is 88.1 Å². The summed E-state index contributed by atoms with van der Waals surface area (Å²) < 4.78 is 4.86. The van der Waals surface area contributed by atoms with Crippen LogP contribution in [0, 0.1) is 18.3 Å². The molecule has 0 heterocycles. The molecule has 2 aromatic rings. The predicted octanol–water partition coefficient (Wildman–Crippen LogP) is 2.78. The Labute approximate surface area is 129 Å². The van der Waals surface area contributed by atoms with E-state index in [1.54, 1.807) is 30.3 Å². The zero-order valence-corrected chi connectivity index (χ0v) is 12.5. The highest BCUT2D eigenvalue weighted by molar-refractivity contribution is 5.81. The summed E-state index contributed by atoms with van der Waals surface area (Å²) in [5.41, 5.74) is 9.48. The van der Waals surface area contributed by atoms with Gasteiger partial charge in [0, 0.05) is 11.4 Å². The fourth-order valence-electron chi connectivity index (χ4n) is 2.04. The number of rotatable bonds is 4. The lowest BCUT2D eigenvalue weighted by Gasteiger charge is -2.19. The van der Waals surface area contributed by atoms with Gasteiger partial charge in [0.25, 0.3) is 0 Å². The van der Waals surface area contributed by atoms with E-state index in [2.05, 4.69) is 11.4 Å². The van der Waals surface area contributed by atoms with Gasteiger partial charge in [-0.15, -0.1) is 0 Å². The Kier molecular flexibility index (Phi) is 4.64. The molecular weight excluding hydrogens is 278 g/mol. The zero-order valence-electron chi connectivity index (χ0n) is 12.5. The van der Waals surface area contributed by atoms with Gasteiger partial charge in [-0.3, -0.25) is 0 Å². The average molecular weight is 295 g/mol. The van der Waals surface area contributed by atoms with E-state index in [1.165, 1.54) is 7.11 Å². The Hall–Kier alpha value is -3.00. The van der Waals surface area contributed by atoms with Gasteiger partial charge >= 0.3 is 5.97 Å². The van der Waals surface area contributed by atoms with Crippen LogP contribution in [-0.4, -0.2) is 13.1 Å². The first-order chi connectivity index (χ1) is 10.5. The van der Waals surface area contributed by atoms with Gasteiger partial charge in [0.1, 0.15) is 0 Å². The molecule has 1 atom stereocenters. The van der Waals surface area contributed by atoms with Gasteiger partial charge in [-0.25, -0.2) is 4.79 Å². The van der Waals surface area contributed by atoms with Crippen LogP contribution in [0.4, 0.5) is 11.4 Å². The van der Waals surface area contributed by atoms with Crippen molar-refractivity contribution in [1.82, 2.24) is 0 Å². The second-order valence-electron chi connectivity index (χ2n) is 4.91. The van der Waals surface area contributed by atoms with E-state index < -0.39 is 12.0 Å². The lowest BCUT2D eigenvalue weighted by Crippen LogP contribution is -2.22. The number of hydrogen-bond acceptors (Lipinski definition) is 5. The number of hydrogen-bond donors (Lipinski definition) is 2. The fraction of sp³-hybridized carbons (Fsp3) is 0.176. The standard InChI is InChI=1S/C17H17N3O2/c1-11-3-6-13(9-15(11)19)16(17(21)22-2)20-14-7-4-12(10-18)5-8-14/h3-9,16,20H,19H2,1-2H3. The van der Waals surface area contributed by atoms with Gasteiger partial charge in [-0.05, 0) is 48.4 Å². The number of methoxy groups -OCH3 is 1. The van der Waals surface area contributed by atoms with Gasteiger partial charge in [0.2, 0.25) is 0 Å². The number of carbonyl (C=O) groups is 1. The summed E-state index contributed by atoms with van der Waals surface area (Å²) in [5, 5.41) is 11.9. The van der Waals surface area contributed by atoms with Crippen molar-refractivity contribution in [3.63, 3.8) is 0 Å². The van der Waals surface area contributed by atoms with Crippen LogP contribution < -0.4 is 11.1 Å². The molecule has 0 amide bonds. The number of nitrogen functional groups attached to an aromatic ring is 1. The highest BCUT2D eigenvalue weighted by Gasteiger charge is 2.21. The highest BCUT2D eigenvalue weighted by Crippen LogP contribution is 2.24. The van der Waals surface area contributed by atoms with E-state index in [-0.39, 0.29) is 0 Å². The van der Waals surface area contributed by atoms with Crippen LogP contribution in [0.15, 0.2) is 42.5 Å². The second kappa shape index (κ2) is 6.64. The maximum atomic E-state index is 12.1. The molecule has 2 rings (SSSR count). The number of esters is 1. The summed E-state index contributed by atoms with van der Waals surface area (Å²) in [4.78, 5) is 12.1. The Morgan fingerprint density at radius 1 is 1.27 bits per heavy atom. The summed E-state index contributed by atoms with van der Waals surface area (Å²) in [6.45, 7) is 1.90. The Bertz CT molecular complexity index is 718. The molecule has 0 bridgehead atoms. The SMILES string of the molecule is COC(=O)C(Nc1ccc(C#N)cc1)c1ccc(C)c(N)c1. The van der Waals surface area contributed by atoms with E-state index >= 15 is 0 Å². The molecule has 5 nitrogen and oxygen atoms in total. The number of nitriles is 1. The van der Waals surface area contributed by atoms with Gasteiger partial charge in [-0.1, -0.05) is 12.1 Å². The van der Waals surface area contributed by atoms with E-state index in [0.29, 0.717) is 16.9 Å². The highest BCUT2D eigenvalue weighted by atomic mass is 16.5. The van der Waals surface area contributed by atoms with E-state index in [4.69, 9.17) is 15.7 Å². The molecule has 0 spiro atoms. The quantitative estimate of drug-likeness (QED) is 0.669. The molecule has 5 heteroatoms. The first kappa shape index (κ1) is 15.4. The molecule has 22 heavy (non-hydrogen) atoms. The number of benzene rings is 2. The molecule has 0 radical (unpaired) electrons. The van der Waals surface area contributed by atoms with E-state index in [9.17, 15) is 4.79 Å². The smallest absolute Gasteiger partial charge is 0.332 e. The number of aryl methyl sites for hydroxylation is 1. The maximum Gasteiger partial charge on any atom is 0.332 e. The van der Waals surface area contributed by atoms with Crippen molar-refractivity contribution in [1.29, 1.82) is 5.26 Å². The molecule has 3 N–H and O–H groups in total. The molecular formula is C17H17N3O2. The van der Waals surface area contributed by atoms with Crippen molar-refractivity contribution >= 4 is 17.3 Å². The molecule has 0 aliphatic heterocycles. The number of anilines is 2. The summed E-state index contributed by atoms with van der Waals surface area (Å²) >= 11 is 0. The largest absolute Gasteiger partial charge is 0.467 e. The zero-order chi connectivity index (χ0) is 16.1. The third-order valence-corrected chi connectivity index (χ3v) is 3.40. The first-order valence-electron chi connectivity index (χ1n) is 6.75. The molecule has 0 aromatic heterocycles. The Balaban J connectivity index is 2.31. The minimum Gasteiger partial charge on any atom is -0.467 e. The normalized spacial score (nSPS) is 11.3. The summed E-state index contributed by atoms with van der Waals surface area (Å²) in [7, 11) is 1.34. The minimum absolute atomic E-state index is 0.410. The molecule has 0 saturated carbocycles. The first-order valence-corrected chi connectivity index (χ1v) is 6.75. The van der Waals surface area contributed by atoms with Crippen molar-refractivity contribution in [2.24, 2.45) is 0 Å². The maximum absolute atomic E-state index is 12.1. The Morgan fingerprint density at radius 2 is 1.95 bits per heavy atom. The second-order valence-corrected chi connectivity index (χ2v) is 4.91. The predicted molar refractivity (Wildman–Crippen MR) is 85.1 cm³/mol. The van der Waals surface area contributed by atoms with Crippen LogP contribution in [0.1, 0.15) is 22.7 Å². The van der Waals surface area contributed by atoms with Gasteiger partial charge < -0.3 is 15.8 Å². The number of carbonyl (C=O) groups excluding carboxylic acids is 1. The number of nitrogens with two attached hydrogens (primary N) is 1. The summed E-state index contributed by atoms with van der Waals surface area (Å²) in [6.07, 6.45) is 0. The van der Waals surface area contributed by atoms with Crippen molar-refractivity contribution in [2.45, 2.75) is 13.0 Å². The fourth-order valence-corrected chi connectivity index (χ4v) is 2.04. The Morgan fingerprint density at radius 3 is 2.50 bits per heavy atom. The van der Waals surface area contributed by atoms with Crippen LogP contribution in [-0.2, 0) is 9.53 Å². The molecule has 0 saturated heterocycles. The molecule has 0 aliphatic rings. The third-order valence-electron chi connectivity index (χ3n) is 3.40. The van der Waals surface area contributed by atoms with Crippen molar-refractivity contribution in [3.8, 4) is 6.07 Å². The molecule has 112 valence electrons. The summed E-state index contributed by atoms with van der Waals surface area (Å²) in [5.74, 6) is -0.410. The van der Waals surface area contributed by atoms with Gasteiger partial charge in [0.05, 0.1) is 18.7 Å². The van der Waals surface area contributed by atoms with Crippen LogP contribution >= 0.6 is 0 Å². The van der Waals surface area contributed by atoms with Crippen LogP contribution in [0.3, 0.4) is 0 Å². The van der Waals surface area contributed by atoms with Crippen molar-refractivity contribution in [2.75, 3.05) is 18.2 Å². The lowest BCUT2D eigenvalue weighted by atomic mass is 10.0. The molecule has 2 aromatic carbocycles. The van der Waals surface area contributed by atoms with E-state index in [1.807, 2.05) is 19.1 Å². The number of nitrogens with one attached hydrogen (secondary N) is 1. The minimum atomic E-state index is -0.666. The summed E-state index contributed by atoms with van der Waals surface area (Å²) in [6, 6.07) is 13.7. The number of ether oxygens (including phenoxy) is 1.